The van der Waals surface area contributed by atoms with E-state index < -0.39 is 0 Å². The van der Waals surface area contributed by atoms with Crippen molar-refractivity contribution in [1.82, 2.24) is 15.0 Å². The Labute approximate surface area is 133 Å². The van der Waals surface area contributed by atoms with Crippen LogP contribution in [0.15, 0.2) is 22.7 Å². The van der Waals surface area contributed by atoms with Crippen LogP contribution in [-0.4, -0.2) is 47.0 Å². The van der Waals surface area contributed by atoms with Gasteiger partial charge in [0.15, 0.2) is 17.4 Å². The Balaban J connectivity index is 1.72. The van der Waals surface area contributed by atoms with Gasteiger partial charge in [0, 0.05) is 32.2 Å². The molecule has 1 aliphatic heterocycles. The molecule has 124 valence electrons. The van der Waals surface area contributed by atoms with E-state index in [4.69, 9.17) is 9.26 Å². The van der Waals surface area contributed by atoms with E-state index in [1.165, 1.54) is 13.2 Å². The molecule has 23 heavy (non-hydrogen) atoms. The molecule has 2 atom stereocenters. The van der Waals surface area contributed by atoms with Gasteiger partial charge in [-0.1, -0.05) is 11.2 Å². The maximum atomic E-state index is 13.5. The fourth-order valence-corrected chi connectivity index (χ4v) is 3.08. The number of aliphatic hydroxyl groups excluding tert-OH is 1. The third-order valence-electron chi connectivity index (χ3n) is 4.23. The Bertz CT molecular complexity index is 676. The third kappa shape index (κ3) is 3.35. The molecule has 1 saturated heterocycles. The van der Waals surface area contributed by atoms with Crippen molar-refractivity contribution in [2.75, 3.05) is 26.8 Å². The molecule has 1 aromatic heterocycles. The molecule has 0 aliphatic carbocycles. The highest BCUT2D eigenvalue weighted by molar-refractivity contribution is 5.30. The zero-order chi connectivity index (χ0) is 16.4. The minimum atomic E-state index is -0.370. The van der Waals surface area contributed by atoms with Crippen molar-refractivity contribution in [1.29, 1.82) is 0 Å². The highest BCUT2D eigenvalue weighted by Crippen LogP contribution is 2.32. The Morgan fingerprint density at radius 2 is 2.26 bits per heavy atom. The lowest BCUT2D eigenvalue weighted by Gasteiger charge is -2.16. The molecule has 6 nitrogen and oxygen atoms in total. The molecule has 1 N–H and O–H groups in total. The summed E-state index contributed by atoms with van der Waals surface area (Å²) in [6.45, 7) is 3.93. The Hall–Kier alpha value is -1.99. The van der Waals surface area contributed by atoms with Gasteiger partial charge < -0.3 is 14.4 Å². The molecule has 2 heterocycles. The van der Waals surface area contributed by atoms with Gasteiger partial charge in [-0.25, -0.2) is 4.39 Å². The molecule has 1 fully saturated rings. The number of nitrogens with zero attached hydrogens (tertiary/aromatic N) is 3. The molecular formula is C16H20FN3O3. The van der Waals surface area contributed by atoms with Crippen molar-refractivity contribution < 1.29 is 18.8 Å². The number of hydrogen-bond donors (Lipinski definition) is 1. The average molecular weight is 321 g/mol. The maximum absolute atomic E-state index is 13.5. The van der Waals surface area contributed by atoms with Gasteiger partial charge in [-0.05, 0) is 24.6 Å². The van der Waals surface area contributed by atoms with Crippen LogP contribution in [0, 0.1) is 18.7 Å². The summed E-state index contributed by atoms with van der Waals surface area (Å²) in [7, 11) is 1.45. The molecule has 0 saturated carbocycles. The summed E-state index contributed by atoms with van der Waals surface area (Å²) in [6.07, 6.45) is 0. The van der Waals surface area contributed by atoms with Crippen molar-refractivity contribution in [3.8, 4) is 5.75 Å². The monoisotopic (exact) mass is 321 g/mol. The van der Waals surface area contributed by atoms with E-state index in [0.717, 1.165) is 12.1 Å². The molecule has 0 radical (unpaired) electrons. The van der Waals surface area contributed by atoms with Crippen LogP contribution in [-0.2, 0) is 6.54 Å². The van der Waals surface area contributed by atoms with Gasteiger partial charge in [0.05, 0.1) is 13.0 Å². The maximum Gasteiger partial charge on any atom is 0.231 e. The number of aliphatic hydroxyl groups is 1. The summed E-state index contributed by atoms with van der Waals surface area (Å²) in [4.78, 5) is 6.48. The van der Waals surface area contributed by atoms with Crippen LogP contribution in [0.5, 0.6) is 5.75 Å². The van der Waals surface area contributed by atoms with E-state index in [-0.39, 0.29) is 30.0 Å². The first kappa shape index (κ1) is 15.9. The summed E-state index contributed by atoms with van der Waals surface area (Å²) in [6, 6.07) is 4.86. The average Bonchev–Trinajstić information content (AvgIpc) is 3.15. The third-order valence-corrected chi connectivity index (χ3v) is 4.23. The molecule has 1 aliphatic rings. The first-order chi connectivity index (χ1) is 11.1. The Morgan fingerprint density at radius 3 is 2.91 bits per heavy atom. The SMILES string of the molecule is COc1cc(CN2C[C@@H](CO)[C@H](c3nc(C)no3)C2)ccc1F. The summed E-state index contributed by atoms with van der Waals surface area (Å²) >= 11 is 0. The zero-order valence-electron chi connectivity index (χ0n) is 13.2. The van der Waals surface area contributed by atoms with E-state index in [1.807, 2.05) is 0 Å². The van der Waals surface area contributed by atoms with E-state index in [0.29, 0.717) is 24.8 Å². The number of aromatic nitrogens is 2. The van der Waals surface area contributed by atoms with Gasteiger partial charge in [-0.3, -0.25) is 4.90 Å². The van der Waals surface area contributed by atoms with Crippen molar-refractivity contribution >= 4 is 0 Å². The molecule has 0 spiro atoms. The largest absolute Gasteiger partial charge is 0.494 e. The standard InChI is InChI=1S/C16H20FN3O3/c1-10-18-16(23-19-10)13-8-20(7-12(13)9-21)6-11-3-4-14(17)15(5-11)22-2/h3-5,12-13,21H,6-9H2,1-2H3/t12-,13+/m0/s1. The minimum Gasteiger partial charge on any atom is -0.494 e. The highest BCUT2D eigenvalue weighted by atomic mass is 19.1. The fourth-order valence-electron chi connectivity index (χ4n) is 3.08. The van der Waals surface area contributed by atoms with Crippen LogP contribution in [0.1, 0.15) is 23.2 Å². The Kier molecular flexibility index (Phi) is 4.58. The highest BCUT2D eigenvalue weighted by Gasteiger charge is 2.36. The lowest BCUT2D eigenvalue weighted by atomic mass is 9.97. The molecule has 3 rings (SSSR count). The second-order valence-corrected chi connectivity index (χ2v) is 5.89. The van der Waals surface area contributed by atoms with Gasteiger partial charge in [-0.2, -0.15) is 4.98 Å². The van der Waals surface area contributed by atoms with Crippen LogP contribution in [0.3, 0.4) is 0 Å². The Morgan fingerprint density at radius 1 is 1.43 bits per heavy atom. The van der Waals surface area contributed by atoms with Crippen molar-refractivity contribution in [3.63, 3.8) is 0 Å². The first-order valence-corrected chi connectivity index (χ1v) is 7.56. The van der Waals surface area contributed by atoms with Crippen LogP contribution >= 0.6 is 0 Å². The van der Waals surface area contributed by atoms with Crippen molar-refractivity contribution in [3.05, 3.63) is 41.3 Å². The molecule has 0 amide bonds. The first-order valence-electron chi connectivity index (χ1n) is 7.56. The number of aryl methyl sites for hydroxylation is 1. The topological polar surface area (TPSA) is 71.6 Å². The number of methoxy groups -OCH3 is 1. The van der Waals surface area contributed by atoms with Gasteiger partial charge in [0.2, 0.25) is 5.89 Å². The number of hydrogen-bond acceptors (Lipinski definition) is 6. The molecule has 7 heteroatoms. The van der Waals surface area contributed by atoms with Crippen molar-refractivity contribution in [2.45, 2.75) is 19.4 Å². The van der Waals surface area contributed by atoms with Crippen LogP contribution in [0.4, 0.5) is 4.39 Å². The normalized spacial score (nSPS) is 21.7. The summed E-state index contributed by atoms with van der Waals surface area (Å²) < 4.78 is 23.8. The molecular weight excluding hydrogens is 301 g/mol. The number of benzene rings is 1. The number of likely N-dealkylation sites (tertiary alicyclic amines) is 1. The van der Waals surface area contributed by atoms with E-state index in [2.05, 4.69) is 15.0 Å². The van der Waals surface area contributed by atoms with E-state index in [1.54, 1.807) is 19.1 Å². The second kappa shape index (κ2) is 6.64. The minimum absolute atomic E-state index is 0.0172. The number of ether oxygens (including phenoxy) is 1. The van der Waals surface area contributed by atoms with Gasteiger partial charge in [-0.15, -0.1) is 0 Å². The second-order valence-electron chi connectivity index (χ2n) is 5.89. The summed E-state index contributed by atoms with van der Waals surface area (Å²) in [5.74, 6) is 1.11. The molecule has 0 bridgehead atoms. The molecule has 2 aromatic rings. The van der Waals surface area contributed by atoms with Gasteiger partial charge >= 0.3 is 0 Å². The zero-order valence-corrected chi connectivity index (χ0v) is 13.2. The predicted molar refractivity (Wildman–Crippen MR) is 80.6 cm³/mol. The van der Waals surface area contributed by atoms with Gasteiger partial charge in [0.25, 0.3) is 0 Å². The predicted octanol–water partition coefficient (Wildman–Crippen LogP) is 1.73. The van der Waals surface area contributed by atoms with Crippen LogP contribution < -0.4 is 4.74 Å². The lowest BCUT2D eigenvalue weighted by Crippen LogP contribution is -2.21. The fraction of sp³-hybridized carbons (Fsp3) is 0.500. The van der Waals surface area contributed by atoms with Crippen LogP contribution in [0.25, 0.3) is 0 Å². The summed E-state index contributed by atoms with van der Waals surface area (Å²) in [5.41, 5.74) is 0.960. The van der Waals surface area contributed by atoms with Gasteiger partial charge in [0.1, 0.15) is 0 Å². The molecule has 1 aromatic carbocycles. The lowest BCUT2D eigenvalue weighted by molar-refractivity contribution is 0.205. The number of halogens is 1. The van der Waals surface area contributed by atoms with Crippen molar-refractivity contribution in [2.24, 2.45) is 5.92 Å². The number of rotatable bonds is 5. The smallest absolute Gasteiger partial charge is 0.231 e. The van der Waals surface area contributed by atoms with Crippen LogP contribution in [0.2, 0.25) is 0 Å². The molecule has 0 unspecified atom stereocenters. The van der Waals surface area contributed by atoms with E-state index in [9.17, 15) is 9.50 Å². The van der Waals surface area contributed by atoms with E-state index >= 15 is 0 Å². The summed E-state index contributed by atoms with van der Waals surface area (Å²) in [5, 5.41) is 13.4. The quantitative estimate of drug-likeness (QED) is 0.904.